The lowest BCUT2D eigenvalue weighted by atomic mass is 10.1. The number of carbonyl (C=O) groups is 2. The fourth-order valence-electron chi connectivity index (χ4n) is 3.38. The molecule has 1 saturated carbocycles. The van der Waals surface area contributed by atoms with Crippen molar-refractivity contribution in [2.45, 2.75) is 42.7 Å². The number of ether oxygens (including phenoxy) is 2. The maximum Gasteiger partial charge on any atom is 0.255 e. The van der Waals surface area contributed by atoms with Gasteiger partial charge in [-0.3, -0.25) is 9.59 Å². The van der Waals surface area contributed by atoms with E-state index in [2.05, 4.69) is 15.4 Å². The Morgan fingerprint density at radius 1 is 1.06 bits per heavy atom. The summed E-state index contributed by atoms with van der Waals surface area (Å²) < 4.78 is 38.3. The molecule has 9 nitrogen and oxygen atoms in total. The molecule has 0 bridgehead atoms. The lowest BCUT2D eigenvalue weighted by Crippen LogP contribution is -2.27. The number of anilines is 2. The van der Waals surface area contributed by atoms with Gasteiger partial charge in [0.05, 0.1) is 17.7 Å². The third-order valence-corrected chi connectivity index (χ3v) is 6.76. The average Bonchev–Trinajstić information content (AvgIpc) is 3.39. The van der Waals surface area contributed by atoms with Crippen molar-refractivity contribution in [1.29, 1.82) is 0 Å². The summed E-state index contributed by atoms with van der Waals surface area (Å²) in [6.45, 7) is 0.563. The van der Waals surface area contributed by atoms with Gasteiger partial charge in [-0.15, -0.1) is 0 Å². The van der Waals surface area contributed by atoms with Gasteiger partial charge < -0.3 is 20.1 Å². The lowest BCUT2D eigenvalue weighted by Gasteiger charge is -2.14. The predicted molar refractivity (Wildman–Crippen MR) is 118 cm³/mol. The molecule has 4 rings (SSSR count). The SMILES string of the molecule is COc1ccc(S(=O)(=O)NC2CC2)cc1NC(=O)c1cccc(NC(=O)C2CCCO2)c1. The molecule has 0 spiro atoms. The van der Waals surface area contributed by atoms with Gasteiger partial charge in [0.1, 0.15) is 11.9 Å². The molecule has 32 heavy (non-hydrogen) atoms. The van der Waals surface area contributed by atoms with E-state index >= 15 is 0 Å². The Labute approximate surface area is 186 Å². The topological polar surface area (TPSA) is 123 Å². The van der Waals surface area contributed by atoms with E-state index in [1.165, 1.54) is 25.3 Å². The van der Waals surface area contributed by atoms with Crippen LogP contribution in [0.5, 0.6) is 5.75 Å². The summed E-state index contributed by atoms with van der Waals surface area (Å²) >= 11 is 0. The molecule has 2 aliphatic rings. The summed E-state index contributed by atoms with van der Waals surface area (Å²) in [4.78, 5) is 25.2. The lowest BCUT2D eigenvalue weighted by molar-refractivity contribution is -0.124. The highest BCUT2D eigenvalue weighted by Gasteiger charge is 2.28. The number of amides is 2. The van der Waals surface area contributed by atoms with E-state index in [4.69, 9.17) is 9.47 Å². The number of hydrogen-bond donors (Lipinski definition) is 3. The Kier molecular flexibility index (Phi) is 6.45. The van der Waals surface area contributed by atoms with Crippen LogP contribution in [0.3, 0.4) is 0 Å². The minimum absolute atomic E-state index is 0.0345. The molecule has 2 amide bonds. The largest absolute Gasteiger partial charge is 0.495 e. The van der Waals surface area contributed by atoms with E-state index in [-0.39, 0.29) is 22.5 Å². The molecule has 1 aliphatic carbocycles. The summed E-state index contributed by atoms with van der Waals surface area (Å²) in [5.41, 5.74) is 0.988. The maximum atomic E-state index is 12.9. The molecule has 1 atom stereocenters. The second kappa shape index (κ2) is 9.27. The minimum Gasteiger partial charge on any atom is -0.495 e. The van der Waals surface area contributed by atoms with E-state index in [9.17, 15) is 18.0 Å². The zero-order chi connectivity index (χ0) is 22.7. The van der Waals surface area contributed by atoms with Gasteiger partial charge in [0.15, 0.2) is 0 Å². The first-order valence-corrected chi connectivity index (χ1v) is 11.9. The van der Waals surface area contributed by atoms with Crippen LogP contribution in [0, 0.1) is 0 Å². The van der Waals surface area contributed by atoms with Crippen LogP contribution >= 0.6 is 0 Å². The third kappa shape index (κ3) is 5.26. The Bertz CT molecular complexity index is 1120. The third-order valence-electron chi connectivity index (χ3n) is 5.24. The zero-order valence-corrected chi connectivity index (χ0v) is 18.4. The van der Waals surface area contributed by atoms with Crippen molar-refractivity contribution in [2.75, 3.05) is 24.4 Å². The maximum absolute atomic E-state index is 12.9. The van der Waals surface area contributed by atoms with Gasteiger partial charge >= 0.3 is 0 Å². The van der Waals surface area contributed by atoms with E-state index in [1.54, 1.807) is 24.3 Å². The molecule has 1 saturated heterocycles. The zero-order valence-electron chi connectivity index (χ0n) is 17.6. The fraction of sp³-hybridized carbons (Fsp3) is 0.364. The van der Waals surface area contributed by atoms with Crippen LogP contribution in [0.4, 0.5) is 11.4 Å². The minimum atomic E-state index is -3.69. The molecule has 1 heterocycles. The van der Waals surface area contributed by atoms with E-state index in [1.807, 2.05) is 0 Å². The average molecular weight is 460 g/mol. The highest BCUT2D eigenvalue weighted by atomic mass is 32.2. The summed E-state index contributed by atoms with van der Waals surface area (Å²) in [6.07, 6.45) is 2.66. The van der Waals surface area contributed by atoms with Gasteiger partial charge in [-0.25, -0.2) is 13.1 Å². The molecule has 10 heteroatoms. The summed E-state index contributed by atoms with van der Waals surface area (Å²) in [5, 5.41) is 5.46. The quantitative estimate of drug-likeness (QED) is 0.557. The van der Waals surface area contributed by atoms with Crippen LogP contribution in [-0.2, 0) is 19.6 Å². The van der Waals surface area contributed by atoms with E-state index < -0.39 is 22.0 Å². The van der Waals surface area contributed by atoms with Crippen molar-refractivity contribution < 1.29 is 27.5 Å². The van der Waals surface area contributed by atoms with Crippen LogP contribution in [0.2, 0.25) is 0 Å². The molecular formula is C22H25N3O6S. The number of nitrogens with one attached hydrogen (secondary N) is 3. The van der Waals surface area contributed by atoms with Crippen molar-refractivity contribution in [3.05, 3.63) is 48.0 Å². The van der Waals surface area contributed by atoms with Crippen LogP contribution in [0.1, 0.15) is 36.0 Å². The van der Waals surface area contributed by atoms with Gasteiger partial charge in [-0.1, -0.05) is 6.07 Å². The Morgan fingerprint density at radius 2 is 1.88 bits per heavy atom. The molecule has 0 radical (unpaired) electrons. The molecule has 1 aliphatic heterocycles. The molecule has 2 aromatic rings. The molecule has 2 fully saturated rings. The predicted octanol–water partition coefficient (Wildman–Crippen LogP) is 2.51. The highest BCUT2D eigenvalue weighted by molar-refractivity contribution is 7.89. The highest BCUT2D eigenvalue weighted by Crippen LogP contribution is 2.29. The van der Waals surface area contributed by atoms with Crippen LogP contribution < -0.4 is 20.1 Å². The summed E-state index contributed by atoms with van der Waals surface area (Å²) in [6, 6.07) is 10.7. The first-order valence-electron chi connectivity index (χ1n) is 10.4. The smallest absolute Gasteiger partial charge is 0.255 e. The molecule has 2 aromatic carbocycles. The number of hydrogen-bond acceptors (Lipinski definition) is 6. The standard InChI is InChI=1S/C22H25N3O6S/c1-30-19-10-9-17(32(28,29)25-15-7-8-15)13-18(19)24-21(26)14-4-2-5-16(12-14)23-22(27)20-6-3-11-31-20/h2,4-5,9-10,12-13,15,20,25H,3,6-8,11H2,1H3,(H,23,27)(H,24,26). The summed E-state index contributed by atoms with van der Waals surface area (Å²) in [7, 11) is -2.26. The number of carbonyl (C=O) groups excluding carboxylic acids is 2. The van der Waals surface area contributed by atoms with Crippen LogP contribution in [-0.4, -0.2) is 46.1 Å². The van der Waals surface area contributed by atoms with Gasteiger partial charge in [-0.05, 0) is 62.1 Å². The van der Waals surface area contributed by atoms with Crippen LogP contribution in [0.25, 0.3) is 0 Å². The number of methoxy groups -OCH3 is 1. The van der Waals surface area contributed by atoms with E-state index in [0.717, 1.165) is 19.3 Å². The molecular weight excluding hydrogens is 434 g/mol. The molecule has 1 unspecified atom stereocenters. The monoisotopic (exact) mass is 459 g/mol. The fourth-order valence-corrected chi connectivity index (χ4v) is 4.71. The Morgan fingerprint density at radius 3 is 2.56 bits per heavy atom. The van der Waals surface area contributed by atoms with Gasteiger partial charge in [0.2, 0.25) is 10.0 Å². The second-order valence-electron chi connectivity index (χ2n) is 7.78. The van der Waals surface area contributed by atoms with Crippen molar-refractivity contribution in [3.8, 4) is 5.75 Å². The first-order chi connectivity index (χ1) is 15.4. The van der Waals surface area contributed by atoms with Gasteiger partial charge in [0.25, 0.3) is 11.8 Å². The molecule has 170 valence electrons. The van der Waals surface area contributed by atoms with Crippen molar-refractivity contribution in [3.63, 3.8) is 0 Å². The number of sulfonamides is 1. The normalized spacial score (nSPS) is 18.2. The number of rotatable bonds is 8. The van der Waals surface area contributed by atoms with Crippen molar-refractivity contribution in [2.24, 2.45) is 0 Å². The van der Waals surface area contributed by atoms with Gasteiger partial charge in [0, 0.05) is 23.9 Å². The van der Waals surface area contributed by atoms with Crippen molar-refractivity contribution in [1.82, 2.24) is 4.72 Å². The van der Waals surface area contributed by atoms with Gasteiger partial charge in [-0.2, -0.15) is 0 Å². The van der Waals surface area contributed by atoms with E-state index in [0.29, 0.717) is 30.0 Å². The van der Waals surface area contributed by atoms with Crippen molar-refractivity contribution >= 4 is 33.2 Å². The second-order valence-corrected chi connectivity index (χ2v) is 9.50. The Balaban J connectivity index is 1.50. The molecule has 3 N–H and O–H groups in total. The summed E-state index contributed by atoms with van der Waals surface area (Å²) in [5.74, 6) is -0.393. The molecule has 0 aromatic heterocycles. The van der Waals surface area contributed by atoms with Crippen LogP contribution in [0.15, 0.2) is 47.4 Å². The first kappa shape index (κ1) is 22.3. The Hall–Kier alpha value is -2.95. The number of benzene rings is 2.